The number of benzene rings is 1. The second-order valence-corrected chi connectivity index (χ2v) is 6.28. The van der Waals surface area contributed by atoms with Gasteiger partial charge >= 0.3 is 0 Å². The van der Waals surface area contributed by atoms with E-state index in [0.29, 0.717) is 33.9 Å². The van der Waals surface area contributed by atoms with Crippen LogP contribution in [0.4, 0.5) is 5.69 Å². The SMILES string of the molecule is CCN1CCCC1CN(C)C(=O)c1cc(Cl)c(N)c(Cl)c1. The molecule has 0 radical (unpaired) electrons. The molecule has 6 heteroatoms. The van der Waals surface area contributed by atoms with E-state index in [-0.39, 0.29) is 5.91 Å². The van der Waals surface area contributed by atoms with Crippen molar-refractivity contribution < 1.29 is 4.79 Å². The Labute approximate surface area is 135 Å². The highest BCUT2D eigenvalue weighted by Crippen LogP contribution is 2.29. The Morgan fingerprint density at radius 3 is 2.62 bits per heavy atom. The third-order valence-corrected chi connectivity index (χ3v) is 4.69. The Morgan fingerprint density at radius 2 is 2.05 bits per heavy atom. The van der Waals surface area contributed by atoms with Gasteiger partial charge in [0.2, 0.25) is 0 Å². The summed E-state index contributed by atoms with van der Waals surface area (Å²) in [5.74, 6) is -0.0817. The predicted octanol–water partition coefficient (Wildman–Crippen LogP) is 3.13. The number of likely N-dealkylation sites (N-methyl/N-ethyl adjacent to an activating group) is 2. The highest BCUT2D eigenvalue weighted by molar-refractivity contribution is 6.39. The van der Waals surface area contributed by atoms with Crippen molar-refractivity contribution in [2.45, 2.75) is 25.8 Å². The standard InChI is InChI=1S/C15H21Cl2N3O/c1-3-20-6-4-5-11(20)9-19(2)15(21)10-7-12(16)14(18)13(17)8-10/h7-8,11H,3-6,9,18H2,1-2H3. The lowest BCUT2D eigenvalue weighted by atomic mass is 10.1. The van der Waals surface area contributed by atoms with Gasteiger partial charge < -0.3 is 10.6 Å². The lowest BCUT2D eigenvalue weighted by Crippen LogP contribution is -2.41. The maximum Gasteiger partial charge on any atom is 0.253 e. The maximum absolute atomic E-state index is 12.5. The molecule has 116 valence electrons. The van der Waals surface area contributed by atoms with Crippen LogP contribution in [0.1, 0.15) is 30.1 Å². The second kappa shape index (κ2) is 6.86. The van der Waals surface area contributed by atoms with Gasteiger partial charge in [-0.25, -0.2) is 0 Å². The van der Waals surface area contributed by atoms with Crippen LogP contribution >= 0.6 is 23.2 Å². The summed E-state index contributed by atoms with van der Waals surface area (Å²) in [4.78, 5) is 16.6. The third-order valence-electron chi connectivity index (χ3n) is 4.06. The van der Waals surface area contributed by atoms with E-state index in [1.54, 1.807) is 17.0 Å². The summed E-state index contributed by atoms with van der Waals surface area (Å²) < 4.78 is 0. The number of amides is 1. The molecule has 1 unspecified atom stereocenters. The molecule has 0 bridgehead atoms. The summed E-state index contributed by atoms with van der Waals surface area (Å²) in [5.41, 5.74) is 6.49. The van der Waals surface area contributed by atoms with Crippen molar-refractivity contribution in [1.82, 2.24) is 9.80 Å². The van der Waals surface area contributed by atoms with E-state index in [4.69, 9.17) is 28.9 Å². The van der Waals surface area contributed by atoms with E-state index in [9.17, 15) is 4.79 Å². The number of hydrogen-bond acceptors (Lipinski definition) is 3. The van der Waals surface area contributed by atoms with E-state index in [1.807, 2.05) is 7.05 Å². The van der Waals surface area contributed by atoms with Crippen molar-refractivity contribution in [3.63, 3.8) is 0 Å². The van der Waals surface area contributed by atoms with Crippen LogP contribution in [0.15, 0.2) is 12.1 Å². The predicted molar refractivity (Wildman–Crippen MR) is 88.1 cm³/mol. The molecule has 21 heavy (non-hydrogen) atoms. The normalized spacial score (nSPS) is 19.0. The van der Waals surface area contributed by atoms with Crippen LogP contribution < -0.4 is 5.73 Å². The minimum atomic E-state index is -0.0817. The topological polar surface area (TPSA) is 49.6 Å². The van der Waals surface area contributed by atoms with Crippen LogP contribution in [0.25, 0.3) is 0 Å². The van der Waals surface area contributed by atoms with Gasteiger partial charge in [0.15, 0.2) is 0 Å². The number of rotatable bonds is 4. The van der Waals surface area contributed by atoms with Crippen LogP contribution in [0.2, 0.25) is 10.0 Å². The van der Waals surface area contributed by atoms with Gasteiger partial charge in [-0.05, 0) is 38.1 Å². The van der Waals surface area contributed by atoms with Crippen LogP contribution in [0.3, 0.4) is 0 Å². The highest BCUT2D eigenvalue weighted by Gasteiger charge is 2.26. The summed E-state index contributed by atoms with van der Waals surface area (Å²) in [6.45, 7) is 5.00. The number of carbonyl (C=O) groups excluding carboxylic acids is 1. The molecule has 0 aliphatic carbocycles. The molecule has 1 aliphatic heterocycles. The highest BCUT2D eigenvalue weighted by atomic mass is 35.5. The molecule has 1 fully saturated rings. The lowest BCUT2D eigenvalue weighted by molar-refractivity contribution is 0.0754. The second-order valence-electron chi connectivity index (χ2n) is 5.46. The van der Waals surface area contributed by atoms with Crippen LogP contribution in [0.5, 0.6) is 0 Å². The minimum Gasteiger partial charge on any atom is -0.396 e. The zero-order valence-electron chi connectivity index (χ0n) is 12.4. The van der Waals surface area contributed by atoms with E-state index in [0.717, 1.165) is 19.5 Å². The number of nitrogens with two attached hydrogens (primary N) is 1. The first kappa shape index (κ1) is 16.4. The molecule has 4 nitrogen and oxygen atoms in total. The summed E-state index contributed by atoms with van der Waals surface area (Å²) in [6.07, 6.45) is 2.33. The molecule has 1 aromatic carbocycles. The Hall–Kier alpha value is -0.970. The van der Waals surface area contributed by atoms with Gasteiger partial charge in [-0.1, -0.05) is 30.1 Å². The number of likely N-dealkylation sites (tertiary alicyclic amines) is 1. The zero-order chi connectivity index (χ0) is 15.6. The monoisotopic (exact) mass is 329 g/mol. The minimum absolute atomic E-state index is 0.0817. The fourth-order valence-electron chi connectivity index (χ4n) is 2.85. The smallest absolute Gasteiger partial charge is 0.253 e. The molecular formula is C15H21Cl2N3O. The summed E-state index contributed by atoms with van der Waals surface area (Å²) in [5, 5.41) is 0.630. The average Bonchev–Trinajstić information content (AvgIpc) is 2.90. The number of hydrogen-bond donors (Lipinski definition) is 1. The number of anilines is 1. The fourth-order valence-corrected chi connectivity index (χ4v) is 3.33. The quantitative estimate of drug-likeness (QED) is 0.863. The van der Waals surface area contributed by atoms with Crippen molar-refractivity contribution >= 4 is 34.8 Å². The molecule has 1 amide bonds. The largest absolute Gasteiger partial charge is 0.396 e. The van der Waals surface area contributed by atoms with Crippen molar-refractivity contribution in [1.29, 1.82) is 0 Å². The zero-order valence-corrected chi connectivity index (χ0v) is 13.9. The van der Waals surface area contributed by atoms with Gasteiger partial charge in [0.1, 0.15) is 0 Å². The van der Waals surface area contributed by atoms with Crippen molar-refractivity contribution in [2.24, 2.45) is 0 Å². The number of nitrogens with zero attached hydrogens (tertiary/aromatic N) is 2. The number of nitrogen functional groups attached to an aromatic ring is 1. The molecule has 0 aromatic heterocycles. The van der Waals surface area contributed by atoms with Crippen molar-refractivity contribution in [2.75, 3.05) is 32.4 Å². The Balaban J connectivity index is 2.09. The number of carbonyl (C=O) groups is 1. The molecule has 1 saturated heterocycles. The van der Waals surface area contributed by atoms with Gasteiger partial charge in [-0.15, -0.1) is 0 Å². The molecular weight excluding hydrogens is 309 g/mol. The summed E-state index contributed by atoms with van der Waals surface area (Å²) in [7, 11) is 1.81. The molecule has 1 aromatic rings. The van der Waals surface area contributed by atoms with E-state index in [2.05, 4.69) is 11.8 Å². The first-order valence-electron chi connectivity index (χ1n) is 7.18. The van der Waals surface area contributed by atoms with Crippen molar-refractivity contribution in [3.05, 3.63) is 27.7 Å². The first-order valence-corrected chi connectivity index (χ1v) is 7.93. The Kier molecular flexibility index (Phi) is 5.36. The van der Waals surface area contributed by atoms with Gasteiger partial charge in [0.25, 0.3) is 5.91 Å². The van der Waals surface area contributed by atoms with Gasteiger partial charge in [0, 0.05) is 25.2 Å². The van der Waals surface area contributed by atoms with Gasteiger partial charge in [0.05, 0.1) is 15.7 Å². The average molecular weight is 330 g/mol. The molecule has 1 aliphatic rings. The third kappa shape index (κ3) is 3.62. The van der Waals surface area contributed by atoms with Crippen LogP contribution in [-0.4, -0.2) is 48.4 Å². The molecule has 0 saturated carbocycles. The van der Waals surface area contributed by atoms with Gasteiger partial charge in [-0.2, -0.15) is 0 Å². The number of halogens is 2. The molecule has 2 N–H and O–H groups in total. The molecule has 1 atom stereocenters. The molecule has 0 spiro atoms. The Bertz CT molecular complexity index is 513. The Morgan fingerprint density at radius 1 is 1.43 bits per heavy atom. The van der Waals surface area contributed by atoms with E-state index < -0.39 is 0 Å². The summed E-state index contributed by atoms with van der Waals surface area (Å²) in [6, 6.07) is 3.59. The maximum atomic E-state index is 12.5. The lowest BCUT2D eigenvalue weighted by Gasteiger charge is -2.28. The van der Waals surface area contributed by atoms with Crippen molar-refractivity contribution in [3.8, 4) is 0 Å². The van der Waals surface area contributed by atoms with Crippen LogP contribution in [0, 0.1) is 0 Å². The summed E-state index contributed by atoms with van der Waals surface area (Å²) >= 11 is 12.0. The molecule has 2 rings (SSSR count). The van der Waals surface area contributed by atoms with Gasteiger partial charge in [-0.3, -0.25) is 9.69 Å². The van der Waals surface area contributed by atoms with Crippen LogP contribution in [-0.2, 0) is 0 Å². The fraction of sp³-hybridized carbons (Fsp3) is 0.533. The first-order chi connectivity index (χ1) is 9.93. The van der Waals surface area contributed by atoms with E-state index in [1.165, 1.54) is 6.42 Å². The van der Waals surface area contributed by atoms with E-state index >= 15 is 0 Å². The molecule has 1 heterocycles.